The number of methoxy groups -OCH3 is 1. The number of hydrogen-bond donors (Lipinski definition) is 2. The lowest BCUT2D eigenvalue weighted by Gasteiger charge is -2.28. The Morgan fingerprint density at radius 3 is 3.06 bits per heavy atom. The molecule has 2 rings (SSSR count). The monoisotopic (exact) mass is 235 g/mol. The zero-order valence-corrected chi connectivity index (χ0v) is 10.6. The van der Waals surface area contributed by atoms with Gasteiger partial charge in [-0.1, -0.05) is 19.1 Å². The molecule has 1 aliphatic carbocycles. The standard InChI is InChI=1S/C14H21NO2/c1-3-14(16)15-11-7-8-12-10(9-11)5-4-6-13(12)17-2/h4-6,11,14-16H,3,7-9H2,1-2H3/t11-,14?/m0/s1. The summed E-state index contributed by atoms with van der Waals surface area (Å²) in [4.78, 5) is 0. The van der Waals surface area contributed by atoms with Gasteiger partial charge in [-0.2, -0.15) is 0 Å². The van der Waals surface area contributed by atoms with E-state index in [4.69, 9.17) is 4.74 Å². The number of benzene rings is 1. The molecule has 2 atom stereocenters. The van der Waals surface area contributed by atoms with Crippen LogP contribution in [0.3, 0.4) is 0 Å². The van der Waals surface area contributed by atoms with E-state index in [2.05, 4.69) is 11.4 Å². The molecule has 1 aromatic carbocycles. The molecule has 0 radical (unpaired) electrons. The second-order valence-electron chi connectivity index (χ2n) is 4.63. The zero-order valence-electron chi connectivity index (χ0n) is 10.6. The second kappa shape index (κ2) is 5.52. The molecule has 0 aromatic heterocycles. The van der Waals surface area contributed by atoms with Crippen molar-refractivity contribution in [1.82, 2.24) is 5.32 Å². The van der Waals surface area contributed by atoms with Crippen LogP contribution in [-0.4, -0.2) is 24.5 Å². The molecule has 3 heteroatoms. The predicted octanol–water partition coefficient (Wildman–Crippen LogP) is 1.87. The molecule has 94 valence electrons. The van der Waals surface area contributed by atoms with E-state index in [1.807, 2.05) is 19.1 Å². The van der Waals surface area contributed by atoms with Crippen LogP contribution in [-0.2, 0) is 12.8 Å². The Balaban J connectivity index is 2.09. The highest BCUT2D eigenvalue weighted by Gasteiger charge is 2.21. The van der Waals surface area contributed by atoms with Crippen LogP contribution in [0.2, 0.25) is 0 Å². The minimum absolute atomic E-state index is 0.379. The molecule has 0 aliphatic heterocycles. The number of aliphatic hydroxyl groups excluding tert-OH is 1. The van der Waals surface area contributed by atoms with Crippen LogP contribution in [0.15, 0.2) is 18.2 Å². The molecule has 0 spiro atoms. The average molecular weight is 235 g/mol. The normalized spacial score (nSPS) is 20.8. The molecule has 3 nitrogen and oxygen atoms in total. The summed E-state index contributed by atoms with van der Waals surface area (Å²) in [7, 11) is 1.72. The van der Waals surface area contributed by atoms with E-state index in [0.717, 1.165) is 31.4 Å². The van der Waals surface area contributed by atoms with Crippen LogP contribution in [0.25, 0.3) is 0 Å². The number of fused-ring (bicyclic) bond motifs is 1. The van der Waals surface area contributed by atoms with Gasteiger partial charge in [0.2, 0.25) is 0 Å². The van der Waals surface area contributed by atoms with Gasteiger partial charge in [0.05, 0.1) is 7.11 Å². The van der Waals surface area contributed by atoms with Gasteiger partial charge in [-0.15, -0.1) is 0 Å². The zero-order chi connectivity index (χ0) is 12.3. The van der Waals surface area contributed by atoms with Gasteiger partial charge in [-0.25, -0.2) is 0 Å². The Morgan fingerprint density at radius 1 is 1.53 bits per heavy atom. The highest BCUT2D eigenvalue weighted by molar-refractivity contribution is 5.42. The summed E-state index contributed by atoms with van der Waals surface area (Å²) in [6.07, 6.45) is 3.43. The van der Waals surface area contributed by atoms with Crippen molar-refractivity contribution in [2.45, 2.75) is 44.9 Å². The minimum Gasteiger partial charge on any atom is -0.496 e. The van der Waals surface area contributed by atoms with Crippen molar-refractivity contribution in [1.29, 1.82) is 0 Å². The van der Waals surface area contributed by atoms with Gasteiger partial charge in [-0.05, 0) is 42.9 Å². The highest BCUT2D eigenvalue weighted by atomic mass is 16.5. The summed E-state index contributed by atoms with van der Waals surface area (Å²) in [6, 6.07) is 6.60. The first-order valence-corrected chi connectivity index (χ1v) is 6.33. The van der Waals surface area contributed by atoms with E-state index in [9.17, 15) is 5.11 Å². The van der Waals surface area contributed by atoms with Crippen LogP contribution in [0, 0.1) is 0 Å². The van der Waals surface area contributed by atoms with Crippen molar-refractivity contribution in [3.05, 3.63) is 29.3 Å². The first-order chi connectivity index (χ1) is 8.24. The molecule has 0 heterocycles. The molecule has 0 bridgehead atoms. The Morgan fingerprint density at radius 2 is 2.35 bits per heavy atom. The van der Waals surface area contributed by atoms with Crippen LogP contribution < -0.4 is 10.1 Å². The maximum absolute atomic E-state index is 9.62. The van der Waals surface area contributed by atoms with Crippen molar-refractivity contribution >= 4 is 0 Å². The van der Waals surface area contributed by atoms with E-state index in [0.29, 0.717) is 6.04 Å². The molecule has 1 unspecified atom stereocenters. The van der Waals surface area contributed by atoms with Crippen molar-refractivity contribution in [2.24, 2.45) is 0 Å². The largest absolute Gasteiger partial charge is 0.496 e. The summed E-state index contributed by atoms with van der Waals surface area (Å²) >= 11 is 0. The number of hydrogen-bond acceptors (Lipinski definition) is 3. The maximum Gasteiger partial charge on any atom is 0.122 e. The Kier molecular flexibility index (Phi) is 4.02. The van der Waals surface area contributed by atoms with Crippen LogP contribution in [0.1, 0.15) is 30.9 Å². The van der Waals surface area contributed by atoms with E-state index in [1.54, 1.807) is 7.11 Å². The van der Waals surface area contributed by atoms with Gasteiger partial charge >= 0.3 is 0 Å². The predicted molar refractivity (Wildman–Crippen MR) is 68.2 cm³/mol. The Bertz CT molecular complexity index is 378. The summed E-state index contributed by atoms with van der Waals surface area (Å²) in [5, 5.41) is 12.9. The lowest BCUT2D eigenvalue weighted by atomic mass is 9.87. The first-order valence-electron chi connectivity index (χ1n) is 6.33. The molecule has 0 saturated carbocycles. The van der Waals surface area contributed by atoms with Gasteiger partial charge in [0.1, 0.15) is 12.0 Å². The van der Waals surface area contributed by atoms with Crippen molar-refractivity contribution in [2.75, 3.05) is 7.11 Å². The van der Waals surface area contributed by atoms with Gasteiger partial charge in [-0.3, -0.25) is 5.32 Å². The van der Waals surface area contributed by atoms with E-state index < -0.39 is 0 Å². The van der Waals surface area contributed by atoms with Crippen molar-refractivity contribution in [3.8, 4) is 5.75 Å². The topological polar surface area (TPSA) is 41.5 Å². The lowest BCUT2D eigenvalue weighted by Crippen LogP contribution is -2.41. The first kappa shape index (κ1) is 12.4. The van der Waals surface area contributed by atoms with Crippen molar-refractivity contribution in [3.63, 3.8) is 0 Å². The van der Waals surface area contributed by atoms with Gasteiger partial charge in [0.25, 0.3) is 0 Å². The van der Waals surface area contributed by atoms with Crippen molar-refractivity contribution < 1.29 is 9.84 Å². The quantitative estimate of drug-likeness (QED) is 0.783. The molecule has 0 fully saturated rings. The second-order valence-corrected chi connectivity index (χ2v) is 4.63. The number of aliphatic hydroxyl groups is 1. The summed E-state index contributed by atoms with van der Waals surface area (Å²) in [6.45, 7) is 1.98. The number of ether oxygens (including phenoxy) is 1. The van der Waals surface area contributed by atoms with E-state index in [-0.39, 0.29) is 6.23 Å². The maximum atomic E-state index is 9.62. The summed E-state index contributed by atoms with van der Waals surface area (Å²) < 4.78 is 5.38. The fraction of sp³-hybridized carbons (Fsp3) is 0.571. The lowest BCUT2D eigenvalue weighted by molar-refractivity contribution is 0.115. The van der Waals surface area contributed by atoms with Gasteiger partial charge in [0, 0.05) is 6.04 Å². The third-order valence-corrected chi connectivity index (χ3v) is 3.47. The third kappa shape index (κ3) is 2.79. The Labute approximate surface area is 103 Å². The third-order valence-electron chi connectivity index (χ3n) is 3.47. The molecular weight excluding hydrogens is 214 g/mol. The Hall–Kier alpha value is -1.06. The minimum atomic E-state index is -0.382. The number of nitrogens with one attached hydrogen (secondary N) is 1. The highest BCUT2D eigenvalue weighted by Crippen LogP contribution is 2.29. The molecule has 0 saturated heterocycles. The smallest absolute Gasteiger partial charge is 0.122 e. The van der Waals surface area contributed by atoms with E-state index in [1.165, 1.54) is 11.1 Å². The average Bonchev–Trinajstić information content (AvgIpc) is 2.37. The fourth-order valence-corrected chi connectivity index (χ4v) is 2.50. The molecule has 1 aromatic rings. The molecule has 2 N–H and O–H groups in total. The van der Waals surface area contributed by atoms with Gasteiger partial charge < -0.3 is 9.84 Å². The summed E-state index contributed by atoms with van der Waals surface area (Å²) in [5.41, 5.74) is 2.68. The number of rotatable bonds is 4. The van der Waals surface area contributed by atoms with Gasteiger partial charge in [0.15, 0.2) is 0 Å². The molecule has 0 amide bonds. The fourth-order valence-electron chi connectivity index (χ4n) is 2.50. The van der Waals surface area contributed by atoms with Crippen LogP contribution in [0.5, 0.6) is 5.75 Å². The van der Waals surface area contributed by atoms with E-state index >= 15 is 0 Å². The molecule has 17 heavy (non-hydrogen) atoms. The molecular formula is C14H21NO2. The summed E-state index contributed by atoms with van der Waals surface area (Å²) in [5.74, 6) is 0.997. The molecule has 1 aliphatic rings. The van der Waals surface area contributed by atoms with Crippen LogP contribution >= 0.6 is 0 Å². The SMILES string of the molecule is CCC(O)N[C@H]1CCc2c(cccc2OC)C1. The van der Waals surface area contributed by atoms with Crippen LogP contribution in [0.4, 0.5) is 0 Å².